The molecule has 1 atom stereocenters. The largest absolute Gasteiger partial charge is 0.0782 e. The topological polar surface area (TPSA) is 0 Å². The van der Waals surface area contributed by atoms with E-state index in [1.165, 1.54) is 17.6 Å². The SMILES string of the molecule is CC1=CC(C)CC(C)=C1C. The highest BCUT2D eigenvalue weighted by Crippen LogP contribution is 2.27. The maximum absolute atomic E-state index is 2.36. The molecular weight excluding hydrogens is 120 g/mol. The molecule has 1 rings (SSSR count). The maximum atomic E-state index is 2.36. The van der Waals surface area contributed by atoms with Gasteiger partial charge in [-0.05, 0) is 38.7 Å². The van der Waals surface area contributed by atoms with E-state index in [4.69, 9.17) is 0 Å². The molecule has 0 saturated heterocycles. The molecule has 0 aliphatic heterocycles. The van der Waals surface area contributed by atoms with Crippen LogP contribution in [-0.2, 0) is 0 Å². The smallest absolute Gasteiger partial charge is 0.0219 e. The van der Waals surface area contributed by atoms with E-state index in [2.05, 4.69) is 33.8 Å². The van der Waals surface area contributed by atoms with Gasteiger partial charge in [-0.1, -0.05) is 24.1 Å². The van der Waals surface area contributed by atoms with Crippen molar-refractivity contribution in [1.29, 1.82) is 0 Å². The van der Waals surface area contributed by atoms with Crippen molar-refractivity contribution in [3.05, 3.63) is 22.8 Å². The van der Waals surface area contributed by atoms with Gasteiger partial charge in [0.15, 0.2) is 0 Å². The zero-order valence-electron chi connectivity index (χ0n) is 7.36. The monoisotopic (exact) mass is 136 g/mol. The van der Waals surface area contributed by atoms with Gasteiger partial charge in [0.2, 0.25) is 0 Å². The third-order valence-corrected chi connectivity index (χ3v) is 2.39. The Balaban J connectivity index is 2.90. The van der Waals surface area contributed by atoms with E-state index in [-0.39, 0.29) is 0 Å². The molecule has 0 heteroatoms. The van der Waals surface area contributed by atoms with Crippen LogP contribution in [0.2, 0.25) is 0 Å². The van der Waals surface area contributed by atoms with Gasteiger partial charge in [0.25, 0.3) is 0 Å². The first kappa shape index (κ1) is 7.59. The summed E-state index contributed by atoms with van der Waals surface area (Å²) in [6, 6.07) is 0. The highest BCUT2D eigenvalue weighted by molar-refractivity contribution is 5.35. The zero-order chi connectivity index (χ0) is 7.72. The van der Waals surface area contributed by atoms with Crippen LogP contribution in [-0.4, -0.2) is 0 Å². The Labute approximate surface area is 63.6 Å². The normalized spacial score (nSPS) is 26.8. The van der Waals surface area contributed by atoms with Crippen molar-refractivity contribution in [1.82, 2.24) is 0 Å². The van der Waals surface area contributed by atoms with Gasteiger partial charge in [-0.2, -0.15) is 0 Å². The van der Waals surface area contributed by atoms with Crippen LogP contribution in [0.4, 0.5) is 0 Å². The molecular formula is C10H16. The molecule has 0 spiro atoms. The van der Waals surface area contributed by atoms with E-state index in [9.17, 15) is 0 Å². The van der Waals surface area contributed by atoms with E-state index < -0.39 is 0 Å². The molecule has 0 N–H and O–H groups in total. The molecule has 1 aliphatic rings. The Kier molecular flexibility index (Phi) is 1.98. The molecule has 56 valence electrons. The van der Waals surface area contributed by atoms with Crippen LogP contribution in [0.5, 0.6) is 0 Å². The average molecular weight is 136 g/mol. The lowest BCUT2D eigenvalue weighted by molar-refractivity contribution is 0.691. The second-order valence-corrected chi connectivity index (χ2v) is 3.44. The molecule has 1 aliphatic carbocycles. The highest BCUT2D eigenvalue weighted by Gasteiger charge is 2.09. The summed E-state index contributed by atoms with van der Waals surface area (Å²) in [5, 5.41) is 0. The quantitative estimate of drug-likeness (QED) is 0.479. The standard InChI is InChI=1S/C10H16/c1-7-5-8(2)10(4)9(3)6-7/h5,7H,6H2,1-4H3. The third kappa shape index (κ3) is 1.31. The van der Waals surface area contributed by atoms with E-state index >= 15 is 0 Å². The van der Waals surface area contributed by atoms with Crippen molar-refractivity contribution in [2.75, 3.05) is 0 Å². The number of hydrogen-bond acceptors (Lipinski definition) is 0. The highest BCUT2D eigenvalue weighted by atomic mass is 14.2. The minimum Gasteiger partial charge on any atom is -0.0782 e. The summed E-state index contributed by atoms with van der Waals surface area (Å²) in [6.45, 7) is 8.93. The zero-order valence-corrected chi connectivity index (χ0v) is 7.36. The van der Waals surface area contributed by atoms with Crippen molar-refractivity contribution in [3.63, 3.8) is 0 Å². The fourth-order valence-electron chi connectivity index (χ4n) is 1.58. The summed E-state index contributed by atoms with van der Waals surface area (Å²) >= 11 is 0. The van der Waals surface area contributed by atoms with Crippen molar-refractivity contribution >= 4 is 0 Å². The predicted octanol–water partition coefficient (Wildman–Crippen LogP) is 3.31. The Hall–Kier alpha value is -0.520. The summed E-state index contributed by atoms with van der Waals surface area (Å²) in [6.07, 6.45) is 3.62. The first-order chi connectivity index (χ1) is 4.61. The van der Waals surface area contributed by atoms with Gasteiger partial charge in [-0.25, -0.2) is 0 Å². The average Bonchev–Trinajstić information content (AvgIpc) is 1.82. The maximum Gasteiger partial charge on any atom is -0.0219 e. The Bertz CT molecular complexity index is 194. The minimum atomic E-state index is 0.753. The minimum absolute atomic E-state index is 0.753. The molecule has 1 unspecified atom stereocenters. The lowest BCUT2D eigenvalue weighted by atomic mass is 9.88. The second-order valence-electron chi connectivity index (χ2n) is 3.44. The lowest BCUT2D eigenvalue weighted by Crippen LogP contribution is -2.01. The molecule has 0 amide bonds. The fourth-order valence-corrected chi connectivity index (χ4v) is 1.58. The number of allylic oxidation sites excluding steroid dienone is 4. The van der Waals surface area contributed by atoms with Crippen LogP contribution in [0.25, 0.3) is 0 Å². The second kappa shape index (κ2) is 2.61. The first-order valence-corrected chi connectivity index (χ1v) is 3.96. The molecule has 0 fully saturated rings. The molecule has 0 saturated carbocycles. The van der Waals surface area contributed by atoms with Crippen molar-refractivity contribution in [2.45, 2.75) is 34.1 Å². The summed E-state index contributed by atoms with van der Waals surface area (Å²) in [7, 11) is 0. The van der Waals surface area contributed by atoms with Gasteiger partial charge in [0.05, 0.1) is 0 Å². The fraction of sp³-hybridized carbons (Fsp3) is 0.600. The molecule has 0 aromatic heterocycles. The van der Waals surface area contributed by atoms with Gasteiger partial charge in [-0.3, -0.25) is 0 Å². The van der Waals surface area contributed by atoms with Gasteiger partial charge in [0.1, 0.15) is 0 Å². The van der Waals surface area contributed by atoms with Crippen LogP contribution in [0, 0.1) is 5.92 Å². The molecule has 0 bridgehead atoms. The van der Waals surface area contributed by atoms with E-state index in [1.54, 1.807) is 5.57 Å². The molecule has 0 nitrogen and oxygen atoms in total. The summed E-state index contributed by atoms with van der Waals surface area (Å²) < 4.78 is 0. The van der Waals surface area contributed by atoms with E-state index in [0.717, 1.165) is 5.92 Å². The van der Waals surface area contributed by atoms with Gasteiger partial charge >= 0.3 is 0 Å². The van der Waals surface area contributed by atoms with Crippen LogP contribution >= 0.6 is 0 Å². The number of rotatable bonds is 0. The van der Waals surface area contributed by atoms with Gasteiger partial charge in [-0.15, -0.1) is 0 Å². The molecule has 10 heavy (non-hydrogen) atoms. The summed E-state index contributed by atoms with van der Waals surface area (Å²) in [4.78, 5) is 0. The molecule has 0 heterocycles. The van der Waals surface area contributed by atoms with Crippen LogP contribution in [0.15, 0.2) is 22.8 Å². The summed E-state index contributed by atoms with van der Waals surface area (Å²) in [5.74, 6) is 0.753. The van der Waals surface area contributed by atoms with Crippen molar-refractivity contribution in [3.8, 4) is 0 Å². The van der Waals surface area contributed by atoms with E-state index in [0.29, 0.717) is 0 Å². The number of hydrogen-bond donors (Lipinski definition) is 0. The van der Waals surface area contributed by atoms with Crippen molar-refractivity contribution in [2.24, 2.45) is 5.92 Å². The van der Waals surface area contributed by atoms with Gasteiger partial charge in [0, 0.05) is 0 Å². The van der Waals surface area contributed by atoms with Crippen molar-refractivity contribution < 1.29 is 0 Å². The third-order valence-electron chi connectivity index (χ3n) is 2.39. The Morgan fingerprint density at radius 1 is 1.30 bits per heavy atom. The molecule has 0 aromatic rings. The Morgan fingerprint density at radius 3 is 2.40 bits per heavy atom. The van der Waals surface area contributed by atoms with E-state index in [1.807, 2.05) is 0 Å². The lowest BCUT2D eigenvalue weighted by Gasteiger charge is -2.18. The first-order valence-electron chi connectivity index (χ1n) is 3.96. The molecule has 0 radical (unpaired) electrons. The van der Waals surface area contributed by atoms with Gasteiger partial charge < -0.3 is 0 Å². The van der Waals surface area contributed by atoms with Crippen LogP contribution in [0.1, 0.15) is 34.1 Å². The summed E-state index contributed by atoms with van der Waals surface area (Å²) in [5.41, 5.74) is 4.53. The predicted molar refractivity (Wildman–Crippen MR) is 45.9 cm³/mol. The Morgan fingerprint density at radius 2 is 1.90 bits per heavy atom. The van der Waals surface area contributed by atoms with Crippen LogP contribution < -0.4 is 0 Å². The van der Waals surface area contributed by atoms with Crippen LogP contribution in [0.3, 0.4) is 0 Å². The molecule has 0 aromatic carbocycles.